The van der Waals surface area contributed by atoms with Crippen molar-refractivity contribution in [1.82, 2.24) is 20.1 Å². The first-order chi connectivity index (χ1) is 15.9. The fourth-order valence-corrected chi connectivity index (χ4v) is 4.22. The summed E-state index contributed by atoms with van der Waals surface area (Å²) in [6.07, 6.45) is 0. The van der Waals surface area contributed by atoms with Gasteiger partial charge in [0.2, 0.25) is 0 Å². The van der Waals surface area contributed by atoms with Gasteiger partial charge in [-0.3, -0.25) is 9.36 Å². The second-order valence-corrected chi connectivity index (χ2v) is 8.54. The van der Waals surface area contributed by atoms with Crippen LogP contribution < -0.4 is 5.32 Å². The number of hydrogen-bond donors (Lipinski definition) is 1. The lowest BCUT2D eigenvalue weighted by Crippen LogP contribution is -2.29. The highest BCUT2D eigenvalue weighted by molar-refractivity contribution is 7.98. The van der Waals surface area contributed by atoms with Gasteiger partial charge in [0.05, 0.1) is 11.6 Å². The molecule has 0 radical (unpaired) electrons. The minimum atomic E-state index is -0.585. The van der Waals surface area contributed by atoms with Gasteiger partial charge < -0.3 is 5.32 Å². The molecule has 8 heteroatoms. The van der Waals surface area contributed by atoms with Crippen LogP contribution in [0.4, 0.5) is 8.78 Å². The number of thioether (sulfide) groups is 1. The van der Waals surface area contributed by atoms with Crippen LogP contribution in [0.15, 0.2) is 78.0 Å². The van der Waals surface area contributed by atoms with E-state index in [1.807, 2.05) is 35.8 Å². The molecule has 4 aromatic rings. The molecular weight excluding hydrogens is 442 g/mol. The van der Waals surface area contributed by atoms with Crippen LogP contribution in [-0.2, 0) is 5.75 Å². The molecule has 1 N–H and O–H groups in total. The van der Waals surface area contributed by atoms with E-state index in [0.29, 0.717) is 16.7 Å². The number of halogens is 2. The predicted molar refractivity (Wildman–Crippen MR) is 124 cm³/mol. The van der Waals surface area contributed by atoms with Crippen LogP contribution in [-0.4, -0.2) is 20.7 Å². The van der Waals surface area contributed by atoms with Gasteiger partial charge in [0.1, 0.15) is 11.6 Å². The summed E-state index contributed by atoms with van der Waals surface area (Å²) in [6, 6.07) is 19.5. The van der Waals surface area contributed by atoms with Gasteiger partial charge in [-0.25, -0.2) is 8.78 Å². The van der Waals surface area contributed by atoms with E-state index in [4.69, 9.17) is 0 Å². The Morgan fingerprint density at radius 3 is 2.39 bits per heavy atom. The number of aromatic nitrogens is 3. The number of benzene rings is 3. The number of rotatable bonds is 7. The van der Waals surface area contributed by atoms with Crippen LogP contribution in [0.1, 0.15) is 40.3 Å². The molecule has 168 valence electrons. The number of aryl methyl sites for hydroxylation is 1. The van der Waals surface area contributed by atoms with Gasteiger partial charge in [-0.1, -0.05) is 53.7 Å². The summed E-state index contributed by atoms with van der Waals surface area (Å²) in [5.41, 5.74) is 2.86. The summed E-state index contributed by atoms with van der Waals surface area (Å²) >= 11 is 1.46. The van der Waals surface area contributed by atoms with Gasteiger partial charge in [0.25, 0.3) is 5.91 Å². The van der Waals surface area contributed by atoms with E-state index >= 15 is 0 Å². The van der Waals surface area contributed by atoms with Gasteiger partial charge >= 0.3 is 0 Å². The van der Waals surface area contributed by atoms with Gasteiger partial charge in [-0.05, 0) is 55.8 Å². The van der Waals surface area contributed by atoms with Crippen molar-refractivity contribution in [3.63, 3.8) is 0 Å². The number of nitrogens with one attached hydrogen (secondary N) is 1. The first-order valence-corrected chi connectivity index (χ1v) is 11.4. The molecule has 3 aromatic carbocycles. The Hall–Kier alpha value is -3.52. The maximum atomic E-state index is 14.0. The first kappa shape index (κ1) is 22.7. The summed E-state index contributed by atoms with van der Waals surface area (Å²) < 4.78 is 29.1. The zero-order valence-corrected chi connectivity index (χ0v) is 18.9. The van der Waals surface area contributed by atoms with Gasteiger partial charge in [-0.2, -0.15) is 0 Å². The van der Waals surface area contributed by atoms with Crippen LogP contribution in [0.5, 0.6) is 0 Å². The minimum Gasteiger partial charge on any atom is -0.342 e. The zero-order chi connectivity index (χ0) is 23.4. The Kier molecular flexibility index (Phi) is 6.84. The van der Waals surface area contributed by atoms with Crippen LogP contribution in [0.2, 0.25) is 0 Å². The quantitative estimate of drug-likeness (QED) is 0.360. The van der Waals surface area contributed by atoms with Crippen molar-refractivity contribution < 1.29 is 13.6 Å². The lowest BCUT2D eigenvalue weighted by Gasteiger charge is -2.17. The van der Waals surface area contributed by atoms with E-state index in [0.717, 1.165) is 16.8 Å². The summed E-state index contributed by atoms with van der Waals surface area (Å²) in [7, 11) is 0. The molecule has 0 bridgehead atoms. The molecule has 0 fully saturated rings. The second-order valence-electron chi connectivity index (χ2n) is 7.60. The van der Waals surface area contributed by atoms with Crippen molar-refractivity contribution in [3.05, 3.63) is 107 Å². The molecule has 0 spiro atoms. The molecule has 0 aliphatic heterocycles. The third-order valence-corrected chi connectivity index (χ3v) is 6.09. The molecule has 1 aromatic heterocycles. The molecule has 33 heavy (non-hydrogen) atoms. The summed E-state index contributed by atoms with van der Waals surface area (Å²) in [5.74, 6) is -0.309. The van der Waals surface area contributed by atoms with Gasteiger partial charge in [0, 0.05) is 11.4 Å². The first-order valence-electron chi connectivity index (χ1n) is 10.4. The van der Waals surface area contributed by atoms with E-state index in [2.05, 4.69) is 15.5 Å². The number of nitrogens with zero attached hydrogens (tertiary/aromatic N) is 3. The van der Waals surface area contributed by atoms with E-state index < -0.39 is 17.8 Å². The highest BCUT2D eigenvalue weighted by Gasteiger charge is 2.22. The normalized spacial score (nSPS) is 11.9. The summed E-state index contributed by atoms with van der Waals surface area (Å²) in [4.78, 5) is 12.6. The summed E-state index contributed by atoms with van der Waals surface area (Å²) in [5, 5.41) is 12.1. The van der Waals surface area contributed by atoms with Crippen molar-refractivity contribution >= 4 is 17.7 Å². The fraction of sp³-hybridized carbons (Fsp3) is 0.160. The van der Waals surface area contributed by atoms with Crippen molar-refractivity contribution in [3.8, 4) is 5.69 Å². The van der Waals surface area contributed by atoms with Crippen LogP contribution in [0, 0.1) is 18.6 Å². The molecule has 5 nitrogen and oxygen atoms in total. The van der Waals surface area contributed by atoms with E-state index in [9.17, 15) is 13.6 Å². The molecule has 1 unspecified atom stereocenters. The lowest BCUT2D eigenvalue weighted by molar-refractivity contribution is 0.0934. The molecule has 0 aliphatic rings. The number of carbonyl (C=O) groups is 1. The molecule has 0 saturated heterocycles. The topological polar surface area (TPSA) is 59.8 Å². The van der Waals surface area contributed by atoms with Crippen molar-refractivity contribution in [2.75, 3.05) is 0 Å². The monoisotopic (exact) mass is 464 g/mol. The van der Waals surface area contributed by atoms with Gasteiger partial charge in [0.15, 0.2) is 11.0 Å². The Balaban J connectivity index is 1.62. The average molecular weight is 465 g/mol. The Labute approximate surface area is 194 Å². The highest BCUT2D eigenvalue weighted by atomic mass is 32.2. The van der Waals surface area contributed by atoms with Crippen molar-refractivity contribution in [2.45, 2.75) is 30.8 Å². The van der Waals surface area contributed by atoms with Crippen molar-refractivity contribution in [2.24, 2.45) is 0 Å². The number of carbonyl (C=O) groups excluding carboxylic acids is 1. The molecule has 1 atom stereocenters. The van der Waals surface area contributed by atoms with Crippen LogP contribution in [0.3, 0.4) is 0 Å². The maximum absolute atomic E-state index is 14.0. The Morgan fingerprint density at radius 2 is 1.70 bits per heavy atom. The number of amides is 1. The second kappa shape index (κ2) is 9.95. The molecule has 1 heterocycles. The SMILES string of the molecule is Cc1ccc(-n2c(SCc3ccc(F)cc3)nnc2C(C)NC(=O)c2ccccc2F)cc1. The maximum Gasteiger partial charge on any atom is 0.254 e. The van der Waals surface area contributed by atoms with Crippen LogP contribution >= 0.6 is 11.8 Å². The highest BCUT2D eigenvalue weighted by Crippen LogP contribution is 2.28. The smallest absolute Gasteiger partial charge is 0.254 e. The lowest BCUT2D eigenvalue weighted by atomic mass is 10.2. The molecule has 0 aliphatic carbocycles. The summed E-state index contributed by atoms with van der Waals surface area (Å²) in [6.45, 7) is 3.78. The van der Waals surface area contributed by atoms with E-state index in [1.54, 1.807) is 25.1 Å². The largest absolute Gasteiger partial charge is 0.342 e. The minimum absolute atomic E-state index is 0.0309. The standard InChI is InChI=1S/C25H22F2N4OS/c1-16-7-13-20(14-8-16)31-23(17(2)28-24(32)21-5-3-4-6-22(21)27)29-30-25(31)33-15-18-9-11-19(26)12-10-18/h3-14,17H,15H2,1-2H3,(H,28,32). The molecule has 0 saturated carbocycles. The predicted octanol–water partition coefficient (Wildman–Crippen LogP) is 5.64. The van der Waals surface area contributed by atoms with E-state index in [1.165, 1.54) is 42.1 Å². The van der Waals surface area contributed by atoms with E-state index in [-0.39, 0.29) is 11.4 Å². The van der Waals surface area contributed by atoms with Crippen molar-refractivity contribution in [1.29, 1.82) is 0 Å². The third kappa shape index (κ3) is 5.28. The fourth-order valence-electron chi connectivity index (χ4n) is 3.30. The van der Waals surface area contributed by atoms with Gasteiger partial charge in [-0.15, -0.1) is 10.2 Å². The average Bonchev–Trinajstić information content (AvgIpc) is 3.23. The molecule has 1 amide bonds. The van der Waals surface area contributed by atoms with Crippen LogP contribution in [0.25, 0.3) is 5.69 Å². The zero-order valence-electron chi connectivity index (χ0n) is 18.1. The molecular formula is C25H22F2N4OS. The Morgan fingerprint density at radius 1 is 1.00 bits per heavy atom. The third-order valence-electron chi connectivity index (χ3n) is 5.09. The molecule has 4 rings (SSSR count). The Bertz CT molecular complexity index is 1260. The number of hydrogen-bond acceptors (Lipinski definition) is 4.